The number of hydrogen-bond acceptors (Lipinski definition) is 2. The molecule has 7 heteroatoms. The summed E-state index contributed by atoms with van der Waals surface area (Å²) in [7, 11) is -5.58. The van der Waals surface area contributed by atoms with Crippen molar-refractivity contribution in [3.63, 3.8) is 0 Å². The first-order chi connectivity index (χ1) is 9.23. The average Bonchev–Trinajstić information content (AvgIpc) is 2.37. The van der Waals surface area contributed by atoms with Crippen molar-refractivity contribution in [2.45, 2.75) is 10.4 Å². The highest BCUT2D eigenvalue weighted by atomic mass is 32.2. The molecule has 0 aliphatic heterocycles. The number of sulfone groups is 1. The van der Waals surface area contributed by atoms with Gasteiger partial charge >= 0.3 is 5.51 Å². The standard InChI is InChI=1S/C13H5F4O2S/c14-10-6-7-4-5-9(10)12-8(7)2-1-3-11(12)20(18,19)13(15,16)17/h1-2,4-6H. The number of alkyl halides is 3. The molecule has 20 heavy (non-hydrogen) atoms. The van der Waals surface area contributed by atoms with Crippen LogP contribution >= 0.6 is 0 Å². The molecule has 4 aromatic rings. The highest BCUT2D eigenvalue weighted by Crippen LogP contribution is 2.39. The van der Waals surface area contributed by atoms with Crippen LogP contribution in [0.1, 0.15) is 0 Å². The van der Waals surface area contributed by atoms with Gasteiger partial charge < -0.3 is 0 Å². The molecule has 0 atom stereocenters. The van der Waals surface area contributed by atoms with Gasteiger partial charge in [0.15, 0.2) is 0 Å². The van der Waals surface area contributed by atoms with E-state index in [1.807, 2.05) is 0 Å². The first kappa shape index (κ1) is 13.1. The van der Waals surface area contributed by atoms with Crippen LogP contribution in [-0.2, 0) is 9.84 Å². The molecule has 2 bridgehead atoms. The maximum atomic E-state index is 13.7. The monoisotopic (exact) mass is 301 g/mol. The van der Waals surface area contributed by atoms with E-state index >= 15 is 0 Å². The summed E-state index contributed by atoms with van der Waals surface area (Å²) in [6.45, 7) is 0. The van der Waals surface area contributed by atoms with E-state index in [2.05, 4.69) is 6.07 Å². The lowest BCUT2D eigenvalue weighted by molar-refractivity contribution is -0.0435. The van der Waals surface area contributed by atoms with E-state index in [0.29, 0.717) is 5.39 Å². The van der Waals surface area contributed by atoms with Crippen molar-refractivity contribution in [1.82, 2.24) is 0 Å². The smallest absolute Gasteiger partial charge is 0.214 e. The maximum Gasteiger partial charge on any atom is 0.501 e. The Kier molecular flexibility index (Phi) is 2.50. The predicted molar refractivity (Wildman–Crippen MR) is 64.7 cm³/mol. The number of hydrogen-bond donors (Lipinski definition) is 0. The second-order valence-electron chi connectivity index (χ2n) is 4.24. The van der Waals surface area contributed by atoms with Gasteiger partial charge in [-0.3, -0.25) is 0 Å². The summed E-state index contributed by atoms with van der Waals surface area (Å²) < 4.78 is 74.8. The fourth-order valence-electron chi connectivity index (χ4n) is 2.20. The van der Waals surface area contributed by atoms with Gasteiger partial charge in [0.05, 0.1) is 4.90 Å². The van der Waals surface area contributed by atoms with Gasteiger partial charge in [0.25, 0.3) is 9.84 Å². The summed E-state index contributed by atoms with van der Waals surface area (Å²) in [4.78, 5) is -1.04. The van der Waals surface area contributed by atoms with Gasteiger partial charge in [-0.15, -0.1) is 0 Å². The summed E-state index contributed by atoms with van der Waals surface area (Å²) in [5.74, 6) is -0.756. The Morgan fingerprint density at radius 3 is 2.35 bits per heavy atom. The molecule has 0 heterocycles. The highest BCUT2D eigenvalue weighted by molar-refractivity contribution is 7.92. The Labute approximate surface area is 110 Å². The third-order valence-electron chi connectivity index (χ3n) is 3.08. The van der Waals surface area contributed by atoms with Crippen LogP contribution in [0.3, 0.4) is 0 Å². The Morgan fingerprint density at radius 1 is 1.05 bits per heavy atom. The predicted octanol–water partition coefficient (Wildman–Crippen LogP) is 3.66. The molecule has 0 aliphatic carbocycles. The molecule has 0 unspecified atom stereocenters. The van der Waals surface area contributed by atoms with Crippen molar-refractivity contribution in [3.8, 4) is 0 Å². The van der Waals surface area contributed by atoms with Crippen molar-refractivity contribution < 1.29 is 26.0 Å². The molecule has 0 saturated heterocycles. The van der Waals surface area contributed by atoms with Gasteiger partial charge in [-0.1, -0.05) is 24.3 Å². The average molecular weight is 301 g/mol. The summed E-state index contributed by atoms with van der Waals surface area (Å²) in [6.07, 6.45) is 0. The van der Waals surface area contributed by atoms with Gasteiger partial charge in [0, 0.05) is 16.8 Å². The molecule has 4 rings (SSSR count). The molecule has 0 spiro atoms. The van der Waals surface area contributed by atoms with E-state index in [-0.39, 0.29) is 16.2 Å². The minimum absolute atomic E-state index is 0.172. The fourth-order valence-corrected chi connectivity index (χ4v) is 3.14. The van der Waals surface area contributed by atoms with Crippen molar-refractivity contribution >= 4 is 31.4 Å². The van der Waals surface area contributed by atoms with E-state index in [9.17, 15) is 26.0 Å². The lowest BCUT2D eigenvalue weighted by Crippen LogP contribution is -2.23. The summed E-state index contributed by atoms with van der Waals surface area (Å²) in [5.41, 5.74) is -5.45. The van der Waals surface area contributed by atoms with Gasteiger partial charge in [-0.05, 0) is 16.8 Å². The fraction of sp³-hybridized carbons (Fsp3) is 0.0769. The minimum Gasteiger partial charge on any atom is -0.214 e. The van der Waals surface area contributed by atoms with Crippen LogP contribution in [0.2, 0.25) is 0 Å². The Bertz CT molecular complexity index is 913. The normalized spacial score (nSPS) is 13.4. The first-order valence-corrected chi connectivity index (χ1v) is 6.88. The molecule has 0 fully saturated rings. The van der Waals surface area contributed by atoms with Crippen molar-refractivity contribution in [2.75, 3.05) is 0 Å². The summed E-state index contributed by atoms with van der Waals surface area (Å²) in [5, 5.41) is 0.141. The van der Waals surface area contributed by atoms with Gasteiger partial charge in [-0.25, -0.2) is 12.8 Å². The van der Waals surface area contributed by atoms with Crippen LogP contribution in [0.4, 0.5) is 17.6 Å². The number of benzene rings is 4. The lowest BCUT2D eigenvalue weighted by atomic mass is 9.99. The second-order valence-corrected chi connectivity index (χ2v) is 6.12. The summed E-state index contributed by atoms with van der Waals surface area (Å²) in [6, 6.07) is 8.51. The molecule has 4 aromatic carbocycles. The molecule has 0 aromatic heterocycles. The number of rotatable bonds is 1. The molecule has 0 N–H and O–H groups in total. The number of fused-ring (bicyclic) bond motifs is 2. The second kappa shape index (κ2) is 3.82. The van der Waals surface area contributed by atoms with Gasteiger partial charge in [0.2, 0.25) is 0 Å². The van der Waals surface area contributed by atoms with Crippen molar-refractivity contribution in [3.05, 3.63) is 42.2 Å². The molecule has 0 aliphatic rings. The molecule has 0 saturated carbocycles. The largest absolute Gasteiger partial charge is 0.501 e. The third-order valence-corrected chi connectivity index (χ3v) is 4.55. The van der Waals surface area contributed by atoms with E-state index in [4.69, 9.17) is 0 Å². The molecular weight excluding hydrogens is 296 g/mol. The van der Waals surface area contributed by atoms with Crippen LogP contribution in [0.25, 0.3) is 21.5 Å². The zero-order chi connectivity index (χ0) is 14.7. The van der Waals surface area contributed by atoms with E-state index in [1.165, 1.54) is 18.2 Å². The van der Waals surface area contributed by atoms with Crippen molar-refractivity contribution in [1.29, 1.82) is 0 Å². The van der Waals surface area contributed by atoms with Crippen LogP contribution in [0.15, 0.2) is 35.2 Å². The molecule has 2 nitrogen and oxygen atoms in total. The maximum absolute atomic E-state index is 13.7. The zero-order valence-corrected chi connectivity index (χ0v) is 10.4. The topological polar surface area (TPSA) is 34.1 Å². The van der Waals surface area contributed by atoms with Crippen LogP contribution in [0, 0.1) is 11.9 Å². The highest BCUT2D eigenvalue weighted by Gasteiger charge is 2.48. The van der Waals surface area contributed by atoms with Gasteiger partial charge in [-0.2, -0.15) is 13.2 Å². The SMILES string of the molecule is O=S(=O)(c1[c]ccc2c3ccc(c(F)c3)c12)C(F)(F)F. The summed E-state index contributed by atoms with van der Waals surface area (Å²) >= 11 is 0. The molecule has 103 valence electrons. The van der Waals surface area contributed by atoms with Crippen LogP contribution in [-0.4, -0.2) is 13.9 Å². The van der Waals surface area contributed by atoms with Crippen LogP contribution < -0.4 is 0 Å². The third kappa shape index (κ3) is 1.59. The first-order valence-electron chi connectivity index (χ1n) is 5.40. The van der Waals surface area contributed by atoms with E-state index in [0.717, 1.165) is 12.1 Å². The van der Waals surface area contributed by atoms with Gasteiger partial charge in [0.1, 0.15) is 5.82 Å². The minimum atomic E-state index is -5.58. The Balaban J connectivity index is 2.53. The molecular formula is C13H5F4O2S. The molecule has 1 radical (unpaired) electrons. The quantitative estimate of drug-likeness (QED) is 0.643. The van der Waals surface area contributed by atoms with Crippen LogP contribution in [0.5, 0.6) is 0 Å². The van der Waals surface area contributed by atoms with Crippen molar-refractivity contribution in [2.24, 2.45) is 0 Å². The van der Waals surface area contributed by atoms with E-state index in [1.54, 1.807) is 0 Å². The lowest BCUT2D eigenvalue weighted by Gasteiger charge is -2.14. The Morgan fingerprint density at radius 2 is 1.75 bits per heavy atom. The Hall–Kier alpha value is -1.89. The van der Waals surface area contributed by atoms with E-state index < -0.39 is 26.1 Å². The molecule has 0 amide bonds. The zero-order valence-electron chi connectivity index (χ0n) is 9.62. The number of halogens is 4.